The van der Waals surface area contributed by atoms with E-state index in [4.69, 9.17) is 4.74 Å². The quantitative estimate of drug-likeness (QED) is 0.362. The minimum Gasteiger partial charge on any atom is -0.457 e. The Morgan fingerprint density at radius 2 is 1.87 bits per heavy atom. The summed E-state index contributed by atoms with van der Waals surface area (Å²) in [4.78, 5) is 32.7. The summed E-state index contributed by atoms with van der Waals surface area (Å²) < 4.78 is 4.87. The van der Waals surface area contributed by atoms with Crippen molar-refractivity contribution < 1.29 is 19.4 Å². The largest absolute Gasteiger partial charge is 0.457 e. The molecule has 0 aliphatic heterocycles. The fraction of sp³-hybridized carbons (Fsp3) is 0.133. The van der Waals surface area contributed by atoms with Crippen molar-refractivity contribution in [3.63, 3.8) is 0 Å². The topological polar surface area (TPSA) is 113 Å². The summed E-state index contributed by atoms with van der Waals surface area (Å²) in [6, 6.07) is 7.47. The Morgan fingerprint density at radius 3 is 2.43 bits per heavy atom. The Kier molecular flexibility index (Phi) is 4.35. The van der Waals surface area contributed by atoms with Crippen molar-refractivity contribution in [2.24, 2.45) is 0 Å². The van der Waals surface area contributed by atoms with E-state index in [9.17, 15) is 25.0 Å². The molecule has 0 unspecified atom stereocenters. The number of fused-ring (bicyclic) bond motifs is 1. The summed E-state index contributed by atoms with van der Waals surface area (Å²) >= 11 is 0. The van der Waals surface area contributed by atoms with Crippen LogP contribution in [0.1, 0.15) is 12.5 Å². The molecule has 0 amide bonds. The lowest BCUT2D eigenvalue weighted by molar-refractivity contribution is -0.394. The molecule has 8 heteroatoms. The van der Waals surface area contributed by atoms with Crippen LogP contribution < -0.4 is 0 Å². The van der Waals surface area contributed by atoms with Gasteiger partial charge in [-0.25, -0.2) is 4.79 Å². The second kappa shape index (κ2) is 6.22. The summed E-state index contributed by atoms with van der Waals surface area (Å²) in [6.45, 7) is 4.22. The van der Waals surface area contributed by atoms with Gasteiger partial charge in [-0.3, -0.25) is 20.2 Å². The number of carbonyl (C=O) groups excluding carboxylic acids is 1. The standard InChI is InChI=1S/C15H12N2O6/c1-9(2)15(18)23-8-12-13(16(19)20)7-10-5-3-4-6-11(10)14(12)17(21)22/h3-7H,1,8H2,2H3. The van der Waals surface area contributed by atoms with Crippen LogP contribution in [0.25, 0.3) is 10.8 Å². The number of nitro groups is 2. The highest BCUT2D eigenvalue weighted by Crippen LogP contribution is 2.37. The summed E-state index contributed by atoms with van der Waals surface area (Å²) in [5.74, 6) is -0.776. The van der Waals surface area contributed by atoms with Gasteiger partial charge >= 0.3 is 5.97 Å². The molecule has 0 heterocycles. The lowest BCUT2D eigenvalue weighted by Crippen LogP contribution is -2.09. The number of esters is 1. The van der Waals surface area contributed by atoms with Crippen LogP contribution in [0.5, 0.6) is 0 Å². The van der Waals surface area contributed by atoms with Crippen molar-refractivity contribution in [2.45, 2.75) is 13.5 Å². The first kappa shape index (κ1) is 16.1. The number of hydrogen-bond acceptors (Lipinski definition) is 6. The first-order chi connectivity index (χ1) is 10.8. The summed E-state index contributed by atoms with van der Waals surface area (Å²) in [6.07, 6.45) is 0. The fourth-order valence-corrected chi connectivity index (χ4v) is 2.13. The summed E-state index contributed by atoms with van der Waals surface area (Å²) in [5, 5.41) is 23.3. The van der Waals surface area contributed by atoms with Crippen molar-refractivity contribution in [3.8, 4) is 0 Å². The third kappa shape index (κ3) is 3.15. The third-order valence-electron chi connectivity index (χ3n) is 3.18. The molecule has 0 aromatic heterocycles. The fourth-order valence-electron chi connectivity index (χ4n) is 2.13. The highest BCUT2D eigenvalue weighted by atomic mass is 16.6. The van der Waals surface area contributed by atoms with Gasteiger partial charge in [-0.2, -0.15) is 0 Å². The summed E-state index contributed by atoms with van der Waals surface area (Å²) in [5.41, 5.74) is -1.07. The molecule has 2 aromatic carbocycles. The number of rotatable bonds is 5. The molecule has 0 aliphatic rings. The van der Waals surface area contributed by atoms with Crippen molar-refractivity contribution >= 4 is 28.1 Å². The van der Waals surface area contributed by atoms with E-state index in [1.54, 1.807) is 18.2 Å². The second-order valence-electron chi connectivity index (χ2n) is 4.81. The zero-order chi connectivity index (χ0) is 17.1. The molecule has 0 N–H and O–H groups in total. The Bertz CT molecular complexity index is 843. The Balaban J connectivity index is 2.67. The number of nitro benzene ring substituents is 2. The Morgan fingerprint density at radius 1 is 1.22 bits per heavy atom. The van der Waals surface area contributed by atoms with E-state index in [0.717, 1.165) is 0 Å². The monoisotopic (exact) mass is 316 g/mol. The zero-order valence-corrected chi connectivity index (χ0v) is 12.1. The van der Waals surface area contributed by atoms with Crippen molar-refractivity contribution in [1.29, 1.82) is 0 Å². The second-order valence-corrected chi connectivity index (χ2v) is 4.81. The van der Waals surface area contributed by atoms with E-state index in [2.05, 4.69) is 6.58 Å². The van der Waals surface area contributed by atoms with Crippen LogP contribution in [-0.2, 0) is 16.1 Å². The number of carbonyl (C=O) groups is 1. The van der Waals surface area contributed by atoms with Gasteiger partial charge < -0.3 is 4.74 Å². The number of nitrogens with zero attached hydrogens (tertiary/aromatic N) is 2. The first-order valence-electron chi connectivity index (χ1n) is 6.49. The predicted octanol–water partition coefficient (Wildman–Crippen LogP) is 3.28. The molecule has 0 aliphatic carbocycles. The molecule has 23 heavy (non-hydrogen) atoms. The Labute approximate surface area is 130 Å². The SMILES string of the molecule is C=C(C)C(=O)OCc1c([N+](=O)[O-])cc2ccccc2c1[N+](=O)[O-]. The number of ether oxygens (including phenoxy) is 1. The molecule has 0 fully saturated rings. The highest BCUT2D eigenvalue weighted by molar-refractivity contribution is 5.95. The van der Waals surface area contributed by atoms with Crippen LogP contribution in [0, 0.1) is 20.2 Å². The van der Waals surface area contributed by atoms with E-state index in [-0.39, 0.29) is 16.5 Å². The molecular weight excluding hydrogens is 304 g/mol. The van der Waals surface area contributed by atoms with E-state index in [1.807, 2.05) is 0 Å². The van der Waals surface area contributed by atoms with E-state index < -0.39 is 33.8 Å². The lowest BCUT2D eigenvalue weighted by Gasteiger charge is -2.08. The van der Waals surface area contributed by atoms with Gasteiger partial charge in [-0.1, -0.05) is 24.8 Å². The average Bonchev–Trinajstić information content (AvgIpc) is 2.50. The van der Waals surface area contributed by atoms with Gasteiger partial charge in [0, 0.05) is 11.6 Å². The Hall–Kier alpha value is -3.29. The minimum atomic E-state index is -0.776. The number of benzene rings is 2. The molecule has 0 bridgehead atoms. The first-order valence-corrected chi connectivity index (χ1v) is 6.49. The minimum absolute atomic E-state index is 0.0936. The zero-order valence-electron chi connectivity index (χ0n) is 12.1. The maximum atomic E-state index is 11.5. The van der Waals surface area contributed by atoms with Gasteiger partial charge in [-0.15, -0.1) is 0 Å². The molecule has 0 saturated carbocycles. The average molecular weight is 316 g/mol. The maximum Gasteiger partial charge on any atom is 0.333 e. The van der Waals surface area contributed by atoms with Crippen LogP contribution in [0.3, 0.4) is 0 Å². The molecule has 0 spiro atoms. The van der Waals surface area contributed by atoms with Crippen molar-refractivity contribution in [2.75, 3.05) is 0 Å². The van der Waals surface area contributed by atoms with Gasteiger partial charge in [0.15, 0.2) is 0 Å². The van der Waals surface area contributed by atoms with Crippen LogP contribution in [0.2, 0.25) is 0 Å². The van der Waals surface area contributed by atoms with Gasteiger partial charge in [0.1, 0.15) is 12.2 Å². The third-order valence-corrected chi connectivity index (χ3v) is 3.18. The molecule has 2 rings (SSSR count). The van der Waals surface area contributed by atoms with E-state index in [1.165, 1.54) is 19.1 Å². The van der Waals surface area contributed by atoms with Crippen molar-refractivity contribution in [3.05, 3.63) is 68.3 Å². The molecule has 2 aromatic rings. The van der Waals surface area contributed by atoms with Gasteiger partial charge in [-0.05, 0) is 18.4 Å². The molecule has 0 radical (unpaired) electrons. The van der Waals surface area contributed by atoms with Crippen LogP contribution in [0.15, 0.2) is 42.5 Å². The summed E-state index contributed by atoms with van der Waals surface area (Å²) in [7, 11) is 0. The van der Waals surface area contributed by atoms with Crippen LogP contribution in [-0.4, -0.2) is 15.8 Å². The predicted molar refractivity (Wildman–Crippen MR) is 81.9 cm³/mol. The molecular formula is C15H12N2O6. The number of hydrogen-bond donors (Lipinski definition) is 0. The smallest absolute Gasteiger partial charge is 0.333 e. The van der Waals surface area contributed by atoms with Crippen molar-refractivity contribution in [1.82, 2.24) is 0 Å². The van der Waals surface area contributed by atoms with Gasteiger partial charge in [0.25, 0.3) is 11.4 Å². The normalized spacial score (nSPS) is 10.3. The van der Waals surface area contributed by atoms with Gasteiger partial charge in [0.05, 0.1) is 15.2 Å². The highest BCUT2D eigenvalue weighted by Gasteiger charge is 2.29. The van der Waals surface area contributed by atoms with Gasteiger partial charge in [0.2, 0.25) is 0 Å². The molecule has 8 nitrogen and oxygen atoms in total. The van der Waals surface area contributed by atoms with E-state index >= 15 is 0 Å². The van der Waals surface area contributed by atoms with Crippen LogP contribution in [0.4, 0.5) is 11.4 Å². The molecule has 0 saturated heterocycles. The van der Waals surface area contributed by atoms with Crippen LogP contribution >= 0.6 is 0 Å². The maximum absolute atomic E-state index is 11.5. The lowest BCUT2D eigenvalue weighted by atomic mass is 10.0. The molecule has 118 valence electrons. The molecule has 0 atom stereocenters. The van der Waals surface area contributed by atoms with E-state index in [0.29, 0.717) is 5.39 Å².